The minimum Gasteiger partial charge on any atom is -0.494 e. The SMILES string of the molecule is CCOc1ccc(NC(=O)Nc2cc(C(C)(C)CC(=O)O)ccc2N(CC)C2CCSCC2)cc1. The molecule has 1 heterocycles. The molecule has 0 aliphatic carbocycles. The van der Waals surface area contributed by atoms with Gasteiger partial charge in [-0.1, -0.05) is 19.9 Å². The predicted octanol–water partition coefficient (Wildman–Crippen LogP) is 6.20. The highest BCUT2D eigenvalue weighted by molar-refractivity contribution is 7.99. The van der Waals surface area contributed by atoms with Crippen LogP contribution in [0.2, 0.25) is 0 Å². The Morgan fingerprint density at radius 1 is 1.09 bits per heavy atom. The molecule has 35 heavy (non-hydrogen) atoms. The molecule has 1 fully saturated rings. The maximum atomic E-state index is 13.0. The first-order valence-electron chi connectivity index (χ1n) is 12.2. The number of urea groups is 1. The van der Waals surface area contributed by atoms with E-state index in [2.05, 4.69) is 22.5 Å². The third kappa shape index (κ3) is 7.31. The first kappa shape index (κ1) is 26.7. The molecule has 0 bridgehead atoms. The molecule has 190 valence electrons. The van der Waals surface area contributed by atoms with Crippen LogP contribution in [0.25, 0.3) is 0 Å². The van der Waals surface area contributed by atoms with Gasteiger partial charge in [-0.2, -0.15) is 11.8 Å². The van der Waals surface area contributed by atoms with Crippen molar-refractivity contribution in [1.82, 2.24) is 0 Å². The summed E-state index contributed by atoms with van der Waals surface area (Å²) in [4.78, 5) is 26.8. The Labute approximate surface area is 212 Å². The molecule has 0 saturated carbocycles. The van der Waals surface area contributed by atoms with Crippen LogP contribution in [0.1, 0.15) is 52.5 Å². The molecular formula is C27H37N3O4S. The minimum absolute atomic E-state index is 0.00149. The summed E-state index contributed by atoms with van der Waals surface area (Å²) in [5, 5.41) is 15.3. The quantitative estimate of drug-likeness (QED) is 0.360. The van der Waals surface area contributed by atoms with Gasteiger partial charge in [-0.25, -0.2) is 4.79 Å². The maximum absolute atomic E-state index is 13.0. The number of carboxylic acid groups (broad SMARTS) is 1. The lowest BCUT2D eigenvalue weighted by Crippen LogP contribution is -2.38. The molecule has 3 N–H and O–H groups in total. The van der Waals surface area contributed by atoms with Crippen LogP contribution in [0.4, 0.5) is 21.9 Å². The lowest BCUT2D eigenvalue weighted by molar-refractivity contribution is -0.138. The van der Waals surface area contributed by atoms with Crippen molar-refractivity contribution < 1.29 is 19.4 Å². The van der Waals surface area contributed by atoms with Gasteiger partial charge in [0, 0.05) is 23.7 Å². The van der Waals surface area contributed by atoms with Crippen molar-refractivity contribution in [3.8, 4) is 5.75 Å². The van der Waals surface area contributed by atoms with Crippen LogP contribution < -0.4 is 20.3 Å². The lowest BCUT2D eigenvalue weighted by Gasteiger charge is -2.37. The van der Waals surface area contributed by atoms with E-state index in [1.165, 1.54) is 0 Å². The van der Waals surface area contributed by atoms with Crippen LogP contribution in [0.15, 0.2) is 42.5 Å². The number of rotatable bonds is 10. The normalized spacial score (nSPS) is 14.3. The second kappa shape index (κ2) is 12.2. The van der Waals surface area contributed by atoms with Crippen molar-refractivity contribution in [3.05, 3.63) is 48.0 Å². The zero-order valence-electron chi connectivity index (χ0n) is 21.1. The fourth-order valence-corrected chi connectivity index (χ4v) is 5.58. The molecule has 2 amide bonds. The summed E-state index contributed by atoms with van der Waals surface area (Å²) in [5.41, 5.74) is 2.60. The summed E-state index contributed by atoms with van der Waals surface area (Å²) in [6.45, 7) is 9.29. The Hall–Kier alpha value is -2.87. The number of thioether (sulfide) groups is 1. The number of nitrogens with one attached hydrogen (secondary N) is 2. The number of hydrogen-bond donors (Lipinski definition) is 3. The molecular weight excluding hydrogens is 462 g/mol. The van der Waals surface area contributed by atoms with Crippen LogP contribution in [-0.4, -0.2) is 47.8 Å². The fraction of sp³-hybridized carbons (Fsp3) is 0.481. The number of carboxylic acids is 1. The number of amides is 2. The number of nitrogens with zero attached hydrogens (tertiary/aromatic N) is 1. The van der Waals surface area contributed by atoms with Gasteiger partial charge in [-0.15, -0.1) is 0 Å². The van der Waals surface area contributed by atoms with E-state index in [1.54, 1.807) is 12.1 Å². The van der Waals surface area contributed by atoms with E-state index in [0.717, 1.165) is 47.9 Å². The van der Waals surface area contributed by atoms with E-state index >= 15 is 0 Å². The van der Waals surface area contributed by atoms with Gasteiger partial charge in [-0.05, 0) is 80.2 Å². The van der Waals surface area contributed by atoms with Crippen LogP contribution in [0.5, 0.6) is 5.75 Å². The van der Waals surface area contributed by atoms with Gasteiger partial charge in [-0.3, -0.25) is 4.79 Å². The maximum Gasteiger partial charge on any atom is 0.323 e. The third-order valence-electron chi connectivity index (χ3n) is 6.32. The van der Waals surface area contributed by atoms with Gasteiger partial charge >= 0.3 is 12.0 Å². The van der Waals surface area contributed by atoms with Crippen molar-refractivity contribution in [3.63, 3.8) is 0 Å². The molecule has 1 aliphatic rings. The van der Waals surface area contributed by atoms with E-state index in [0.29, 0.717) is 24.0 Å². The van der Waals surface area contributed by atoms with Gasteiger partial charge < -0.3 is 25.4 Å². The van der Waals surface area contributed by atoms with Crippen LogP contribution in [0.3, 0.4) is 0 Å². The molecule has 1 saturated heterocycles. The third-order valence-corrected chi connectivity index (χ3v) is 7.37. The summed E-state index contributed by atoms with van der Waals surface area (Å²) in [6, 6.07) is 13.2. The number of benzene rings is 2. The molecule has 2 aromatic carbocycles. The largest absolute Gasteiger partial charge is 0.494 e. The van der Waals surface area contributed by atoms with Crippen LogP contribution in [0, 0.1) is 0 Å². The minimum atomic E-state index is -0.850. The monoisotopic (exact) mass is 499 g/mol. The molecule has 0 aromatic heterocycles. The topological polar surface area (TPSA) is 90.9 Å². The average Bonchev–Trinajstić information content (AvgIpc) is 2.81. The van der Waals surface area contributed by atoms with Crippen LogP contribution >= 0.6 is 11.8 Å². The van der Waals surface area contributed by atoms with Crippen molar-refractivity contribution in [2.75, 3.05) is 40.2 Å². The second-order valence-electron chi connectivity index (χ2n) is 9.35. The molecule has 0 radical (unpaired) electrons. The summed E-state index contributed by atoms with van der Waals surface area (Å²) in [5.74, 6) is 2.16. The Kier molecular flexibility index (Phi) is 9.32. The highest BCUT2D eigenvalue weighted by Crippen LogP contribution is 2.37. The smallest absolute Gasteiger partial charge is 0.323 e. The molecule has 0 spiro atoms. The molecule has 8 heteroatoms. The number of anilines is 3. The second-order valence-corrected chi connectivity index (χ2v) is 10.6. The van der Waals surface area contributed by atoms with Crippen LogP contribution in [-0.2, 0) is 10.2 Å². The van der Waals surface area contributed by atoms with Gasteiger partial charge in [0.1, 0.15) is 5.75 Å². The van der Waals surface area contributed by atoms with E-state index in [1.807, 2.05) is 62.9 Å². The summed E-state index contributed by atoms with van der Waals surface area (Å²) >= 11 is 1.98. The first-order chi connectivity index (χ1) is 16.7. The van der Waals surface area contributed by atoms with E-state index in [4.69, 9.17) is 4.74 Å². The van der Waals surface area contributed by atoms with Crippen molar-refractivity contribution in [2.24, 2.45) is 0 Å². The van der Waals surface area contributed by atoms with Gasteiger partial charge in [0.2, 0.25) is 0 Å². The van der Waals surface area contributed by atoms with Gasteiger partial charge in [0.15, 0.2) is 0 Å². The Bertz CT molecular complexity index is 1000. The fourth-order valence-electron chi connectivity index (χ4n) is 4.50. The summed E-state index contributed by atoms with van der Waals surface area (Å²) < 4.78 is 5.47. The van der Waals surface area contributed by atoms with Crippen molar-refractivity contribution in [1.29, 1.82) is 0 Å². The lowest BCUT2D eigenvalue weighted by atomic mass is 9.81. The number of carbonyl (C=O) groups is 2. The van der Waals surface area contributed by atoms with Gasteiger partial charge in [0.05, 0.1) is 24.4 Å². The van der Waals surface area contributed by atoms with E-state index in [9.17, 15) is 14.7 Å². The molecule has 2 aromatic rings. The number of ether oxygens (including phenoxy) is 1. The van der Waals surface area contributed by atoms with E-state index < -0.39 is 11.4 Å². The zero-order chi connectivity index (χ0) is 25.4. The summed E-state index contributed by atoms with van der Waals surface area (Å²) in [7, 11) is 0. The average molecular weight is 500 g/mol. The molecule has 0 unspecified atom stereocenters. The van der Waals surface area contributed by atoms with Crippen molar-refractivity contribution >= 4 is 40.8 Å². The standard InChI is InChI=1S/C27H37N3O4S/c1-5-30(21-13-15-35-16-14-21)24-12-7-19(27(3,4)18-25(31)32)17-23(24)29-26(33)28-20-8-10-22(11-9-20)34-6-2/h7-12,17,21H,5-6,13-16,18H2,1-4H3,(H,31,32)(H2,28,29,33). The molecule has 3 rings (SSSR count). The number of hydrogen-bond acceptors (Lipinski definition) is 5. The van der Waals surface area contributed by atoms with Gasteiger partial charge in [0.25, 0.3) is 0 Å². The highest BCUT2D eigenvalue weighted by atomic mass is 32.2. The predicted molar refractivity (Wildman–Crippen MR) is 145 cm³/mol. The van der Waals surface area contributed by atoms with Crippen molar-refractivity contribution in [2.45, 2.75) is 58.4 Å². The highest BCUT2D eigenvalue weighted by Gasteiger charge is 2.28. The molecule has 7 nitrogen and oxygen atoms in total. The molecule has 1 aliphatic heterocycles. The number of aliphatic carboxylic acids is 1. The Morgan fingerprint density at radius 2 is 1.77 bits per heavy atom. The number of carbonyl (C=O) groups excluding carboxylic acids is 1. The Balaban J connectivity index is 1.89. The van der Waals surface area contributed by atoms with E-state index in [-0.39, 0.29) is 12.5 Å². The zero-order valence-corrected chi connectivity index (χ0v) is 21.9. The summed E-state index contributed by atoms with van der Waals surface area (Å²) in [6.07, 6.45) is 2.20. The molecule has 0 atom stereocenters. The first-order valence-corrected chi connectivity index (χ1v) is 13.4. The Morgan fingerprint density at radius 3 is 2.37 bits per heavy atom.